The Bertz CT molecular complexity index is 2350. The van der Waals surface area contributed by atoms with Gasteiger partial charge in [-0.05, 0) is 44.2 Å². The number of likely N-dealkylation sites (N-methyl/N-ethyl adjacent to an activating group) is 1. The quantitative estimate of drug-likeness (QED) is 0.159. The molecule has 0 bridgehead atoms. The molecule has 0 atom stereocenters. The van der Waals surface area contributed by atoms with Crippen LogP contribution in [0.4, 0.5) is 17.3 Å². The number of aryl methyl sites for hydroxylation is 2. The minimum absolute atomic E-state index is 0.0304. The van der Waals surface area contributed by atoms with Crippen LogP contribution in [0, 0.1) is 46.6 Å². The van der Waals surface area contributed by atoms with Crippen LogP contribution in [-0.4, -0.2) is 89.2 Å². The van der Waals surface area contributed by atoms with E-state index in [-0.39, 0.29) is 5.69 Å². The van der Waals surface area contributed by atoms with Gasteiger partial charge in [-0.2, -0.15) is 10.5 Å². The van der Waals surface area contributed by atoms with Crippen molar-refractivity contribution < 1.29 is 4.92 Å². The van der Waals surface area contributed by atoms with Gasteiger partial charge in [0.05, 0.1) is 15.7 Å². The standard InChI is InChI=1S/C19H18N6O2S.C18H17N5S/c1-12-15(11-20)28-19-16(12)18(24-9-7-23(2)8-10-24)21-17(22-19)13-3-5-14(6-4-13)25(26)27;1-12-14(11-19)24-18-15(12)17(23-9-7-20-8-10-23)21-16(22-18)13-5-3-2-4-6-13/h3-6H,7-10H2,1-2H3;2-6,20H,7-10H2,1H3. The van der Waals surface area contributed by atoms with Gasteiger partial charge in [-0.25, -0.2) is 19.9 Å². The molecule has 6 aromatic rings. The van der Waals surface area contributed by atoms with Crippen molar-refractivity contribution in [3.63, 3.8) is 0 Å². The van der Waals surface area contributed by atoms with E-state index in [4.69, 9.17) is 15.0 Å². The molecule has 4 aromatic heterocycles. The van der Waals surface area contributed by atoms with E-state index in [0.29, 0.717) is 16.3 Å². The Labute approximate surface area is 308 Å². The van der Waals surface area contributed by atoms with Crippen molar-refractivity contribution in [2.45, 2.75) is 13.8 Å². The predicted octanol–water partition coefficient (Wildman–Crippen LogP) is 6.15. The van der Waals surface area contributed by atoms with Crippen LogP contribution in [0.2, 0.25) is 0 Å². The van der Waals surface area contributed by atoms with Crippen molar-refractivity contribution in [1.82, 2.24) is 30.2 Å². The smallest absolute Gasteiger partial charge is 0.269 e. The molecule has 2 fully saturated rings. The number of aromatic nitrogens is 4. The van der Waals surface area contributed by atoms with Gasteiger partial charge in [0.15, 0.2) is 11.6 Å². The van der Waals surface area contributed by atoms with Gasteiger partial charge in [0.1, 0.15) is 43.2 Å². The zero-order valence-electron chi connectivity index (χ0n) is 29.0. The Balaban J connectivity index is 0.000000164. The summed E-state index contributed by atoms with van der Waals surface area (Å²) in [6, 6.07) is 20.8. The number of hydrogen-bond donors (Lipinski definition) is 1. The third-order valence-electron chi connectivity index (χ3n) is 9.33. The predicted molar refractivity (Wildman–Crippen MR) is 206 cm³/mol. The van der Waals surface area contributed by atoms with Gasteiger partial charge < -0.3 is 20.0 Å². The van der Waals surface area contributed by atoms with Gasteiger partial charge in [0.2, 0.25) is 0 Å². The van der Waals surface area contributed by atoms with Crippen LogP contribution in [0.25, 0.3) is 43.2 Å². The number of benzene rings is 2. The third-order valence-corrected chi connectivity index (χ3v) is 11.5. The first-order valence-electron chi connectivity index (χ1n) is 16.9. The second-order valence-corrected chi connectivity index (χ2v) is 14.6. The second kappa shape index (κ2) is 15.0. The summed E-state index contributed by atoms with van der Waals surface area (Å²) < 4.78 is 0. The van der Waals surface area contributed by atoms with Crippen LogP contribution < -0.4 is 15.1 Å². The lowest BCUT2D eigenvalue weighted by Crippen LogP contribution is -2.45. The summed E-state index contributed by atoms with van der Waals surface area (Å²) in [5, 5.41) is 35.1. The molecule has 262 valence electrons. The van der Waals surface area contributed by atoms with E-state index in [0.717, 1.165) is 112 Å². The summed E-state index contributed by atoms with van der Waals surface area (Å²) in [6.07, 6.45) is 0. The molecule has 52 heavy (non-hydrogen) atoms. The molecule has 0 unspecified atom stereocenters. The second-order valence-electron chi connectivity index (χ2n) is 12.6. The van der Waals surface area contributed by atoms with Crippen LogP contribution in [0.1, 0.15) is 20.9 Å². The van der Waals surface area contributed by atoms with E-state index >= 15 is 0 Å². The number of nitrogens with one attached hydrogen (secondary N) is 1. The average Bonchev–Trinajstić information content (AvgIpc) is 3.70. The van der Waals surface area contributed by atoms with E-state index in [2.05, 4.69) is 44.2 Å². The van der Waals surface area contributed by atoms with Crippen LogP contribution in [-0.2, 0) is 0 Å². The first-order chi connectivity index (χ1) is 25.2. The molecule has 2 saturated heterocycles. The summed E-state index contributed by atoms with van der Waals surface area (Å²) in [6.45, 7) is 11.2. The number of thiophene rings is 2. The largest absolute Gasteiger partial charge is 0.353 e. The van der Waals surface area contributed by atoms with Crippen molar-refractivity contribution in [3.05, 3.63) is 85.6 Å². The Morgan fingerprint density at radius 3 is 1.67 bits per heavy atom. The fourth-order valence-electron chi connectivity index (χ4n) is 6.38. The Hall–Kier alpha value is -5.58. The maximum Gasteiger partial charge on any atom is 0.269 e. The van der Waals surface area contributed by atoms with Gasteiger partial charge in [0, 0.05) is 75.6 Å². The molecule has 13 nitrogen and oxygen atoms in total. The molecule has 1 N–H and O–H groups in total. The average molecular weight is 730 g/mol. The van der Waals surface area contributed by atoms with Gasteiger partial charge in [0.25, 0.3) is 5.69 Å². The molecule has 6 heterocycles. The summed E-state index contributed by atoms with van der Waals surface area (Å²) in [5.41, 5.74) is 3.65. The zero-order valence-corrected chi connectivity index (χ0v) is 30.6. The highest BCUT2D eigenvalue weighted by molar-refractivity contribution is 7.19. The highest BCUT2D eigenvalue weighted by Crippen LogP contribution is 2.38. The normalized spacial score (nSPS) is 14.9. The SMILES string of the molecule is Cc1c(C#N)sc2nc(-c3ccc([N+](=O)[O-])cc3)nc(N3CCN(C)CC3)c12.Cc1c(C#N)sc2nc(-c3ccccc3)nc(N3CCNCC3)c12. The van der Waals surface area contributed by atoms with Crippen molar-refractivity contribution in [1.29, 1.82) is 10.5 Å². The maximum atomic E-state index is 10.9. The zero-order chi connectivity index (χ0) is 36.4. The fourth-order valence-corrected chi connectivity index (χ4v) is 8.32. The Morgan fingerprint density at radius 1 is 0.712 bits per heavy atom. The van der Waals surface area contributed by atoms with Crippen molar-refractivity contribution in [2.24, 2.45) is 0 Å². The molecule has 0 radical (unpaired) electrons. The van der Waals surface area contributed by atoms with E-state index in [1.807, 2.05) is 44.2 Å². The van der Waals surface area contributed by atoms with Crippen LogP contribution in [0.3, 0.4) is 0 Å². The summed E-state index contributed by atoms with van der Waals surface area (Å²) in [7, 11) is 2.10. The van der Waals surface area contributed by atoms with Crippen molar-refractivity contribution in [2.75, 3.05) is 69.2 Å². The molecular weight excluding hydrogens is 695 g/mol. The maximum absolute atomic E-state index is 10.9. The Kier molecular flexibility index (Phi) is 10.0. The lowest BCUT2D eigenvalue weighted by atomic mass is 10.1. The number of hydrogen-bond acceptors (Lipinski definition) is 14. The molecule has 0 amide bonds. The van der Waals surface area contributed by atoms with E-state index in [1.54, 1.807) is 12.1 Å². The number of anilines is 2. The van der Waals surface area contributed by atoms with Crippen LogP contribution in [0.15, 0.2) is 54.6 Å². The molecule has 2 aliphatic rings. The van der Waals surface area contributed by atoms with Gasteiger partial charge >= 0.3 is 0 Å². The number of non-ortho nitro benzene ring substituents is 1. The van der Waals surface area contributed by atoms with Gasteiger partial charge in [-0.15, -0.1) is 22.7 Å². The highest BCUT2D eigenvalue weighted by atomic mass is 32.1. The number of nitro groups is 1. The Morgan fingerprint density at radius 2 is 1.19 bits per heavy atom. The third kappa shape index (κ3) is 6.87. The van der Waals surface area contributed by atoms with E-state index < -0.39 is 4.92 Å². The fraction of sp³-hybridized carbons (Fsp3) is 0.297. The number of piperazine rings is 2. The van der Waals surface area contributed by atoms with E-state index in [9.17, 15) is 20.6 Å². The molecule has 2 aromatic carbocycles. The lowest BCUT2D eigenvalue weighted by molar-refractivity contribution is -0.384. The minimum Gasteiger partial charge on any atom is -0.353 e. The summed E-state index contributed by atoms with van der Waals surface area (Å²) in [5.74, 6) is 3.03. The number of fused-ring (bicyclic) bond motifs is 2. The van der Waals surface area contributed by atoms with Crippen molar-refractivity contribution in [3.8, 4) is 34.9 Å². The minimum atomic E-state index is -0.425. The first kappa shape index (κ1) is 34.9. The topological polar surface area (TPSA) is 164 Å². The monoisotopic (exact) mass is 729 g/mol. The van der Waals surface area contributed by atoms with Crippen molar-refractivity contribution >= 4 is 60.4 Å². The van der Waals surface area contributed by atoms with Gasteiger partial charge in [-0.1, -0.05) is 30.3 Å². The summed E-state index contributed by atoms with van der Waals surface area (Å²) in [4.78, 5) is 39.5. The number of nitrogens with zero attached hydrogens (tertiary/aromatic N) is 10. The van der Waals surface area contributed by atoms with Crippen LogP contribution >= 0.6 is 22.7 Å². The number of rotatable bonds is 5. The molecule has 0 aliphatic carbocycles. The number of nitro benzene ring substituents is 1. The molecule has 2 aliphatic heterocycles. The summed E-state index contributed by atoms with van der Waals surface area (Å²) >= 11 is 2.82. The number of nitriles is 2. The van der Waals surface area contributed by atoms with E-state index in [1.165, 1.54) is 34.8 Å². The first-order valence-corrected chi connectivity index (χ1v) is 18.5. The molecule has 0 saturated carbocycles. The molecule has 15 heteroatoms. The molecule has 0 spiro atoms. The highest BCUT2D eigenvalue weighted by Gasteiger charge is 2.24. The van der Waals surface area contributed by atoms with Crippen LogP contribution in [0.5, 0.6) is 0 Å². The molecule has 8 rings (SSSR count). The lowest BCUT2D eigenvalue weighted by Gasteiger charge is -2.33. The molecular formula is C37H35N11O2S2. The van der Waals surface area contributed by atoms with Gasteiger partial charge in [-0.3, -0.25) is 10.1 Å².